The van der Waals surface area contributed by atoms with Crippen LogP contribution in [-0.4, -0.2) is 17.5 Å². The molecule has 3 nitrogen and oxygen atoms in total. The fourth-order valence-corrected chi connectivity index (χ4v) is 2.25. The number of fused-ring (bicyclic) bond motifs is 1. The van der Waals surface area contributed by atoms with Crippen LogP contribution in [0.3, 0.4) is 0 Å². The van der Waals surface area contributed by atoms with Gasteiger partial charge in [-0.3, -0.25) is 4.90 Å². The zero-order valence-electron chi connectivity index (χ0n) is 9.47. The summed E-state index contributed by atoms with van der Waals surface area (Å²) in [5, 5.41) is 3.01. The summed E-state index contributed by atoms with van der Waals surface area (Å²) >= 11 is 0. The molecular formula is C14H14N2O. The number of hydrogen-bond donors (Lipinski definition) is 1. The number of hydrogen-bond acceptors (Lipinski definition) is 1. The Morgan fingerprint density at radius 1 is 1.24 bits per heavy atom. The molecular weight excluding hydrogens is 212 g/mol. The molecule has 0 saturated heterocycles. The van der Waals surface area contributed by atoms with Gasteiger partial charge >= 0.3 is 6.03 Å². The molecule has 1 N–H and O–H groups in total. The molecule has 1 atom stereocenters. The first-order valence-electron chi connectivity index (χ1n) is 5.86. The first kappa shape index (κ1) is 10.1. The van der Waals surface area contributed by atoms with Crippen molar-refractivity contribution in [3.8, 4) is 0 Å². The molecule has 0 aliphatic carbocycles. The maximum atomic E-state index is 12.0. The van der Waals surface area contributed by atoms with Crippen molar-refractivity contribution >= 4 is 6.03 Å². The molecule has 0 spiro atoms. The van der Waals surface area contributed by atoms with Crippen LogP contribution in [0.25, 0.3) is 0 Å². The van der Waals surface area contributed by atoms with Crippen LogP contribution in [0.2, 0.25) is 0 Å². The molecule has 86 valence electrons. The second kappa shape index (κ2) is 4.09. The van der Waals surface area contributed by atoms with Crippen molar-refractivity contribution < 1.29 is 4.79 Å². The van der Waals surface area contributed by atoms with E-state index >= 15 is 0 Å². The minimum absolute atomic E-state index is 0.000651. The molecule has 2 amide bonds. The standard InChI is InChI=1S/C14H14N2O/c17-14-15-13(11-6-2-1-3-7-11)10-12-8-4-5-9-16(12)14/h1-4,6-8,10,13H,5,9H2,(H,15,17). The smallest absolute Gasteiger partial charge is 0.322 e. The first-order chi connectivity index (χ1) is 8.34. The van der Waals surface area contributed by atoms with Crippen LogP contribution >= 0.6 is 0 Å². The summed E-state index contributed by atoms with van der Waals surface area (Å²) in [4.78, 5) is 13.7. The molecule has 17 heavy (non-hydrogen) atoms. The lowest BCUT2D eigenvalue weighted by Gasteiger charge is -2.33. The van der Waals surface area contributed by atoms with Crippen molar-refractivity contribution in [3.05, 3.63) is 59.8 Å². The molecule has 0 bridgehead atoms. The van der Waals surface area contributed by atoms with Crippen molar-refractivity contribution in [3.63, 3.8) is 0 Å². The number of rotatable bonds is 1. The molecule has 3 heteroatoms. The maximum Gasteiger partial charge on any atom is 0.322 e. The number of amides is 2. The van der Waals surface area contributed by atoms with Crippen molar-refractivity contribution in [2.24, 2.45) is 0 Å². The van der Waals surface area contributed by atoms with Crippen molar-refractivity contribution in [2.75, 3.05) is 6.54 Å². The summed E-state index contributed by atoms with van der Waals surface area (Å²) in [6, 6.07) is 10.0. The van der Waals surface area contributed by atoms with Gasteiger partial charge in [-0.15, -0.1) is 0 Å². The SMILES string of the molecule is O=C1NC(c2ccccc2)C=C2C=CCCN12. The van der Waals surface area contributed by atoms with E-state index in [0.29, 0.717) is 0 Å². The monoisotopic (exact) mass is 226 g/mol. The van der Waals surface area contributed by atoms with Crippen LogP contribution in [0.4, 0.5) is 4.79 Å². The van der Waals surface area contributed by atoms with E-state index in [4.69, 9.17) is 0 Å². The second-order valence-electron chi connectivity index (χ2n) is 4.27. The highest BCUT2D eigenvalue weighted by Crippen LogP contribution is 2.25. The Bertz CT molecular complexity index is 490. The Labute approximate surface area is 100 Å². The third-order valence-electron chi connectivity index (χ3n) is 3.14. The minimum Gasteiger partial charge on any atom is -0.327 e. The summed E-state index contributed by atoms with van der Waals surface area (Å²) in [6.45, 7) is 0.773. The molecule has 0 radical (unpaired) electrons. The fourth-order valence-electron chi connectivity index (χ4n) is 2.25. The number of carbonyl (C=O) groups excluding carboxylic acids is 1. The highest BCUT2D eigenvalue weighted by molar-refractivity contribution is 5.79. The van der Waals surface area contributed by atoms with Crippen LogP contribution in [0.5, 0.6) is 0 Å². The summed E-state index contributed by atoms with van der Waals surface area (Å²) in [5.41, 5.74) is 2.13. The summed E-state index contributed by atoms with van der Waals surface area (Å²) in [7, 11) is 0. The Kier molecular flexibility index (Phi) is 2.44. The van der Waals surface area contributed by atoms with Gasteiger partial charge in [0.05, 0.1) is 6.04 Å². The van der Waals surface area contributed by atoms with Crippen LogP contribution in [0.15, 0.2) is 54.3 Å². The van der Waals surface area contributed by atoms with Crippen molar-refractivity contribution in [2.45, 2.75) is 12.5 Å². The lowest BCUT2D eigenvalue weighted by molar-refractivity contribution is 0.205. The van der Waals surface area contributed by atoms with Gasteiger partial charge < -0.3 is 5.32 Å². The minimum atomic E-state index is -0.0160. The largest absolute Gasteiger partial charge is 0.327 e. The maximum absolute atomic E-state index is 12.0. The van der Waals surface area contributed by atoms with E-state index in [1.807, 2.05) is 36.4 Å². The summed E-state index contributed by atoms with van der Waals surface area (Å²) in [5.74, 6) is 0. The third kappa shape index (κ3) is 1.84. The van der Waals surface area contributed by atoms with Gasteiger partial charge in [-0.1, -0.05) is 36.4 Å². The van der Waals surface area contributed by atoms with Gasteiger partial charge in [-0.05, 0) is 24.1 Å². The second-order valence-corrected chi connectivity index (χ2v) is 4.27. The van der Waals surface area contributed by atoms with E-state index in [1.165, 1.54) is 0 Å². The quantitative estimate of drug-likeness (QED) is 0.784. The van der Waals surface area contributed by atoms with E-state index in [0.717, 1.165) is 24.2 Å². The predicted octanol–water partition coefficient (Wildman–Crippen LogP) is 2.60. The lowest BCUT2D eigenvalue weighted by atomic mass is 10.0. The number of carbonyl (C=O) groups is 1. The number of allylic oxidation sites excluding steroid dienone is 1. The van der Waals surface area contributed by atoms with Crippen LogP contribution in [-0.2, 0) is 0 Å². The predicted molar refractivity (Wildman–Crippen MR) is 66.3 cm³/mol. The molecule has 3 rings (SSSR count). The molecule has 2 aliphatic heterocycles. The van der Waals surface area contributed by atoms with Crippen LogP contribution in [0.1, 0.15) is 18.0 Å². The Morgan fingerprint density at radius 2 is 2.06 bits per heavy atom. The van der Waals surface area contributed by atoms with Gasteiger partial charge in [0.1, 0.15) is 0 Å². The Balaban J connectivity index is 1.96. The van der Waals surface area contributed by atoms with Crippen molar-refractivity contribution in [1.29, 1.82) is 0 Å². The van der Waals surface area contributed by atoms with Gasteiger partial charge in [0.25, 0.3) is 0 Å². The number of urea groups is 1. The fraction of sp³-hybridized carbons (Fsp3) is 0.214. The summed E-state index contributed by atoms with van der Waals surface area (Å²) in [6.07, 6.45) is 7.17. The third-order valence-corrected chi connectivity index (χ3v) is 3.14. The van der Waals surface area contributed by atoms with Gasteiger partial charge in [-0.25, -0.2) is 4.79 Å². The zero-order valence-corrected chi connectivity index (χ0v) is 9.47. The van der Waals surface area contributed by atoms with E-state index in [2.05, 4.69) is 17.5 Å². The molecule has 1 unspecified atom stereocenters. The first-order valence-corrected chi connectivity index (χ1v) is 5.86. The van der Waals surface area contributed by atoms with Gasteiger partial charge in [-0.2, -0.15) is 0 Å². The highest BCUT2D eigenvalue weighted by atomic mass is 16.2. The summed E-state index contributed by atoms with van der Waals surface area (Å²) < 4.78 is 0. The highest BCUT2D eigenvalue weighted by Gasteiger charge is 2.26. The topological polar surface area (TPSA) is 32.3 Å². The van der Waals surface area contributed by atoms with Crippen molar-refractivity contribution in [1.82, 2.24) is 10.2 Å². The molecule has 2 heterocycles. The van der Waals surface area contributed by atoms with Gasteiger partial charge in [0, 0.05) is 12.2 Å². The van der Waals surface area contributed by atoms with Gasteiger partial charge in [0.15, 0.2) is 0 Å². The molecule has 1 aromatic carbocycles. The normalized spacial score (nSPS) is 22.8. The number of nitrogens with zero attached hydrogens (tertiary/aromatic N) is 1. The Morgan fingerprint density at radius 3 is 2.88 bits per heavy atom. The van der Waals surface area contributed by atoms with Crippen LogP contribution in [0, 0.1) is 0 Å². The number of nitrogens with one attached hydrogen (secondary N) is 1. The molecule has 2 aliphatic rings. The molecule has 1 aromatic rings. The average molecular weight is 226 g/mol. The number of benzene rings is 1. The average Bonchev–Trinajstić information content (AvgIpc) is 2.40. The van der Waals surface area contributed by atoms with E-state index in [-0.39, 0.29) is 12.1 Å². The van der Waals surface area contributed by atoms with E-state index in [1.54, 1.807) is 4.90 Å². The van der Waals surface area contributed by atoms with Gasteiger partial charge in [0.2, 0.25) is 0 Å². The lowest BCUT2D eigenvalue weighted by Crippen LogP contribution is -2.45. The van der Waals surface area contributed by atoms with Crippen LogP contribution < -0.4 is 5.32 Å². The molecule has 0 aromatic heterocycles. The molecule has 0 saturated carbocycles. The van der Waals surface area contributed by atoms with E-state index in [9.17, 15) is 4.79 Å². The Hall–Kier alpha value is -2.03. The van der Waals surface area contributed by atoms with E-state index < -0.39 is 0 Å². The zero-order chi connectivity index (χ0) is 11.7. The molecule has 0 fully saturated rings.